The van der Waals surface area contributed by atoms with Gasteiger partial charge in [0, 0.05) is 49.9 Å². The van der Waals surface area contributed by atoms with Gasteiger partial charge in [-0.05, 0) is 69.0 Å². The highest BCUT2D eigenvalue weighted by Crippen LogP contribution is 2.31. The molecule has 0 bridgehead atoms. The Morgan fingerprint density at radius 3 is 2.22 bits per heavy atom. The number of hydrogen-bond donors (Lipinski definition) is 1. The lowest BCUT2D eigenvalue weighted by Crippen LogP contribution is -2.58. The van der Waals surface area contributed by atoms with E-state index in [0.717, 1.165) is 52.1 Å². The first kappa shape index (κ1) is 23.5. The third-order valence-corrected chi connectivity index (χ3v) is 7.63. The number of carbonyl (C=O) groups is 2. The number of carbonyl (C=O) groups excluding carboxylic acids is 2. The van der Waals surface area contributed by atoms with Crippen molar-refractivity contribution < 1.29 is 9.59 Å². The Labute approximate surface area is 197 Å². The Hall–Kier alpha value is -1.63. The van der Waals surface area contributed by atoms with E-state index in [1.807, 2.05) is 4.90 Å². The van der Waals surface area contributed by atoms with Crippen LogP contribution in [0.2, 0.25) is 5.02 Å². The van der Waals surface area contributed by atoms with Gasteiger partial charge in [-0.25, -0.2) is 0 Å². The van der Waals surface area contributed by atoms with E-state index in [9.17, 15) is 9.59 Å². The first-order chi connectivity index (χ1) is 15.6. The Morgan fingerprint density at radius 1 is 0.906 bits per heavy atom. The summed E-state index contributed by atoms with van der Waals surface area (Å²) in [5.74, 6) is 0.666. The van der Waals surface area contributed by atoms with Crippen molar-refractivity contribution >= 4 is 23.4 Å². The molecule has 1 aromatic carbocycles. The molecule has 1 N–H and O–H groups in total. The van der Waals surface area contributed by atoms with Crippen LogP contribution in [0.5, 0.6) is 0 Å². The Kier molecular flexibility index (Phi) is 8.44. The zero-order valence-electron chi connectivity index (χ0n) is 19.1. The number of piperazine rings is 1. The average Bonchev–Trinajstić information content (AvgIpc) is 3.35. The highest BCUT2D eigenvalue weighted by Gasteiger charge is 2.37. The molecule has 32 heavy (non-hydrogen) atoms. The van der Waals surface area contributed by atoms with Crippen LogP contribution in [0.15, 0.2) is 24.3 Å². The molecule has 1 atom stereocenters. The molecule has 2 heterocycles. The lowest BCUT2D eigenvalue weighted by molar-refractivity contribution is -0.129. The predicted octanol–water partition coefficient (Wildman–Crippen LogP) is 3.26. The summed E-state index contributed by atoms with van der Waals surface area (Å²) in [6, 6.07) is 7.03. The maximum absolute atomic E-state index is 13.3. The van der Waals surface area contributed by atoms with Gasteiger partial charge in [-0.15, -0.1) is 0 Å². The number of piperidine rings is 1. The van der Waals surface area contributed by atoms with Gasteiger partial charge in [0.2, 0.25) is 5.91 Å². The monoisotopic (exact) mass is 460 g/mol. The molecule has 3 aliphatic rings. The van der Waals surface area contributed by atoms with Crippen molar-refractivity contribution in [2.45, 2.75) is 51.0 Å². The van der Waals surface area contributed by atoms with Gasteiger partial charge < -0.3 is 15.1 Å². The number of likely N-dealkylation sites (tertiary alicyclic amines) is 1. The molecule has 4 rings (SSSR count). The van der Waals surface area contributed by atoms with Gasteiger partial charge in [0.1, 0.15) is 0 Å². The van der Waals surface area contributed by atoms with Crippen LogP contribution in [0.1, 0.15) is 55.3 Å². The summed E-state index contributed by atoms with van der Waals surface area (Å²) in [5, 5.41) is 3.89. The Balaban J connectivity index is 1.31. The van der Waals surface area contributed by atoms with E-state index in [4.69, 9.17) is 11.6 Å². The second kappa shape index (κ2) is 11.5. The van der Waals surface area contributed by atoms with E-state index >= 15 is 0 Å². The van der Waals surface area contributed by atoms with Crippen LogP contribution < -0.4 is 5.32 Å². The van der Waals surface area contributed by atoms with Crippen LogP contribution in [0.25, 0.3) is 0 Å². The number of rotatable bonds is 7. The topological polar surface area (TPSA) is 55.9 Å². The average molecular weight is 461 g/mol. The SMILES string of the molecule is O=C(NCCN1CCCCC1)[C@@H](C1CCCC1)N1CCN(C(=O)c2ccc(Cl)cc2)CC1. The molecule has 1 aromatic rings. The molecule has 2 aliphatic heterocycles. The van der Waals surface area contributed by atoms with Crippen LogP contribution in [0.4, 0.5) is 0 Å². The normalized spacial score (nSPS) is 22.1. The molecule has 0 radical (unpaired) electrons. The molecule has 176 valence electrons. The number of benzene rings is 1. The highest BCUT2D eigenvalue weighted by atomic mass is 35.5. The van der Waals surface area contributed by atoms with Crippen LogP contribution >= 0.6 is 11.6 Å². The van der Waals surface area contributed by atoms with E-state index in [0.29, 0.717) is 29.6 Å². The summed E-state index contributed by atoms with van der Waals surface area (Å²) in [7, 11) is 0. The van der Waals surface area contributed by atoms with Crippen molar-refractivity contribution in [3.63, 3.8) is 0 Å². The molecule has 0 unspecified atom stereocenters. The van der Waals surface area contributed by atoms with E-state index in [1.54, 1.807) is 24.3 Å². The Bertz CT molecular complexity index is 752. The van der Waals surface area contributed by atoms with E-state index in [2.05, 4.69) is 15.1 Å². The minimum Gasteiger partial charge on any atom is -0.353 e. The molecular weight excluding hydrogens is 424 g/mol. The fourth-order valence-electron chi connectivity index (χ4n) is 5.55. The second-order valence-electron chi connectivity index (χ2n) is 9.52. The number of nitrogens with one attached hydrogen (secondary N) is 1. The quantitative estimate of drug-likeness (QED) is 0.678. The van der Waals surface area contributed by atoms with Crippen molar-refractivity contribution in [1.82, 2.24) is 20.0 Å². The van der Waals surface area contributed by atoms with Crippen LogP contribution in [0.3, 0.4) is 0 Å². The molecule has 0 spiro atoms. The second-order valence-corrected chi connectivity index (χ2v) is 9.95. The molecule has 7 heteroatoms. The molecule has 2 saturated heterocycles. The minimum absolute atomic E-state index is 0.0460. The third kappa shape index (κ3) is 6.03. The van der Waals surface area contributed by atoms with Crippen LogP contribution in [-0.2, 0) is 4.79 Å². The lowest BCUT2D eigenvalue weighted by atomic mass is 9.95. The standard InChI is InChI=1S/C25H37ClN4O2/c26-22-10-8-21(9-11-22)25(32)30-18-16-29(17-19-30)23(20-6-2-3-7-20)24(31)27-12-15-28-13-4-1-5-14-28/h8-11,20,23H,1-7,12-19H2,(H,27,31)/t23-/m1/s1. The van der Waals surface area contributed by atoms with Crippen molar-refractivity contribution in [3.8, 4) is 0 Å². The van der Waals surface area contributed by atoms with E-state index < -0.39 is 0 Å². The summed E-state index contributed by atoms with van der Waals surface area (Å²) in [6.45, 7) is 6.82. The van der Waals surface area contributed by atoms with Gasteiger partial charge in [0.15, 0.2) is 0 Å². The van der Waals surface area contributed by atoms with E-state index in [-0.39, 0.29) is 17.9 Å². The minimum atomic E-state index is -0.0633. The number of nitrogens with zero attached hydrogens (tertiary/aromatic N) is 3. The van der Waals surface area contributed by atoms with Gasteiger partial charge in [-0.2, -0.15) is 0 Å². The van der Waals surface area contributed by atoms with E-state index in [1.165, 1.54) is 32.1 Å². The first-order valence-electron chi connectivity index (χ1n) is 12.4. The molecule has 6 nitrogen and oxygen atoms in total. The van der Waals surface area contributed by atoms with Gasteiger partial charge in [0.25, 0.3) is 5.91 Å². The maximum Gasteiger partial charge on any atom is 0.253 e. The fraction of sp³-hybridized carbons (Fsp3) is 0.680. The van der Waals surface area contributed by atoms with Crippen molar-refractivity contribution in [3.05, 3.63) is 34.9 Å². The molecule has 0 aromatic heterocycles. The summed E-state index contributed by atoms with van der Waals surface area (Å²) < 4.78 is 0. The van der Waals surface area contributed by atoms with Gasteiger partial charge in [-0.1, -0.05) is 30.9 Å². The third-order valence-electron chi connectivity index (χ3n) is 7.38. The number of hydrogen-bond acceptors (Lipinski definition) is 4. The van der Waals surface area contributed by atoms with Crippen molar-refractivity contribution in [2.75, 3.05) is 52.4 Å². The summed E-state index contributed by atoms with van der Waals surface area (Å²) in [6.07, 6.45) is 8.59. The maximum atomic E-state index is 13.3. The molecule has 2 amide bonds. The summed E-state index contributed by atoms with van der Waals surface area (Å²) in [4.78, 5) is 32.8. The van der Waals surface area contributed by atoms with Crippen LogP contribution in [-0.4, -0.2) is 84.9 Å². The smallest absolute Gasteiger partial charge is 0.253 e. The lowest BCUT2D eigenvalue weighted by Gasteiger charge is -2.41. The molecule has 1 saturated carbocycles. The molecule has 1 aliphatic carbocycles. The van der Waals surface area contributed by atoms with Crippen molar-refractivity contribution in [1.29, 1.82) is 0 Å². The predicted molar refractivity (Wildman–Crippen MR) is 128 cm³/mol. The summed E-state index contributed by atoms with van der Waals surface area (Å²) >= 11 is 5.96. The zero-order chi connectivity index (χ0) is 22.3. The zero-order valence-corrected chi connectivity index (χ0v) is 19.9. The molecule has 3 fully saturated rings. The van der Waals surface area contributed by atoms with Gasteiger partial charge in [-0.3, -0.25) is 14.5 Å². The fourth-order valence-corrected chi connectivity index (χ4v) is 5.68. The van der Waals surface area contributed by atoms with Gasteiger partial charge >= 0.3 is 0 Å². The Morgan fingerprint density at radius 2 is 1.56 bits per heavy atom. The largest absolute Gasteiger partial charge is 0.353 e. The van der Waals surface area contributed by atoms with Crippen LogP contribution in [0, 0.1) is 5.92 Å². The number of amides is 2. The van der Waals surface area contributed by atoms with Crippen molar-refractivity contribution in [2.24, 2.45) is 5.92 Å². The van der Waals surface area contributed by atoms with Gasteiger partial charge in [0.05, 0.1) is 6.04 Å². The highest BCUT2D eigenvalue weighted by molar-refractivity contribution is 6.30. The summed E-state index contributed by atoms with van der Waals surface area (Å²) in [5.41, 5.74) is 0.672. The number of halogens is 1. The molecular formula is C25H37ClN4O2. The first-order valence-corrected chi connectivity index (χ1v) is 12.8.